The molecule has 0 saturated carbocycles. The average molecular weight is 336 g/mol. The van der Waals surface area contributed by atoms with E-state index in [0.717, 1.165) is 30.7 Å². The molecule has 0 amide bonds. The number of nitrogens with zero attached hydrogens (tertiary/aromatic N) is 1. The van der Waals surface area contributed by atoms with Crippen LogP contribution in [0.15, 0.2) is 48.8 Å². The number of phenols is 1. The molecular weight excluding hydrogens is 310 g/mol. The maximum Gasteiger partial charge on any atom is 0.169 e. The Balaban J connectivity index is 1.67. The fourth-order valence-corrected chi connectivity index (χ4v) is 2.49. The molecule has 1 aromatic heterocycles. The summed E-state index contributed by atoms with van der Waals surface area (Å²) in [6, 6.07) is 11.4. The Kier molecular flexibility index (Phi) is 8.31. The number of rotatable bonds is 10. The predicted molar refractivity (Wildman–Crippen MR) is 102 cm³/mol. The van der Waals surface area contributed by atoms with Crippen LogP contribution in [-0.4, -0.2) is 18.3 Å². The summed E-state index contributed by atoms with van der Waals surface area (Å²) in [7, 11) is 0. The van der Waals surface area contributed by atoms with Crippen molar-refractivity contribution in [2.75, 3.05) is 13.2 Å². The van der Waals surface area contributed by atoms with E-state index in [1.54, 1.807) is 12.1 Å². The minimum Gasteiger partial charge on any atom is -0.508 e. The Morgan fingerprint density at radius 2 is 1.56 bits per heavy atom. The number of terminal acetylenes is 1. The summed E-state index contributed by atoms with van der Waals surface area (Å²) in [6.07, 6.45) is 18.1. The van der Waals surface area contributed by atoms with E-state index in [-0.39, 0.29) is 5.75 Å². The Morgan fingerprint density at radius 1 is 0.920 bits per heavy atom. The minimum atomic E-state index is 0.290. The molecule has 0 unspecified atom stereocenters. The second-order valence-corrected chi connectivity index (χ2v) is 5.97. The zero-order valence-electron chi connectivity index (χ0n) is 14.6. The van der Waals surface area contributed by atoms with Crippen LogP contribution in [-0.2, 0) is 11.3 Å². The normalized spacial score (nSPS) is 10.8. The van der Waals surface area contributed by atoms with Gasteiger partial charge in [0, 0.05) is 25.2 Å². The number of ether oxygens (including phenoxy) is 1. The van der Waals surface area contributed by atoms with Gasteiger partial charge >= 0.3 is 0 Å². The molecule has 2 aromatic rings. The first-order chi connectivity index (χ1) is 12.3. The van der Waals surface area contributed by atoms with Crippen LogP contribution in [0, 0.1) is 12.3 Å². The van der Waals surface area contributed by atoms with Gasteiger partial charge in [0.2, 0.25) is 0 Å². The molecule has 0 aliphatic rings. The van der Waals surface area contributed by atoms with Crippen LogP contribution >= 0.6 is 0 Å². The number of benzene rings is 1. The van der Waals surface area contributed by atoms with E-state index in [9.17, 15) is 5.11 Å². The van der Waals surface area contributed by atoms with E-state index in [1.165, 1.54) is 19.3 Å². The summed E-state index contributed by atoms with van der Waals surface area (Å²) in [4.78, 5) is 0. The Labute approximate surface area is 150 Å². The van der Waals surface area contributed by atoms with E-state index in [0.29, 0.717) is 6.61 Å². The maximum absolute atomic E-state index is 9.29. The van der Waals surface area contributed by atoms with Crippen molar-refractivity contribution in [2.24, 2.45) is 0 Å². The lowest BCUT2D eigenvalue weighted by Gasteiger charge is -2.01. The van der Waals surface area contributed by atoms with Crippen LogP contribution < -0.4 is 4.57 Å². The number of unbranched alkanes of at least 4 members (excludes halogenated alkanes) is 3. The molecule has 0 spiro atoms. The van der Waals surface area contributed by atoms with Crippen molar-refractivity contribution < 1.29 is 14.4 Å². The molecule has 1 N–H and O–H groups in total. The van der Waals surface area contributed by atoms with E-state index in [4.69, 9.17) is 11.2 Å². The van der Waals surface area contributed by atoms with Crippen LogP contribution in [0.3, 0.4) is 0 Å². The number of aryl methyl sites for hydroxylation is 1. The maximum atomic E-state index is 9.29. The van der Waals surface area contributed by atoms with Crippen molar-refractivity contribution in [3.8, 4) is 18.1 Å². The highest BCUT2D eigenvalue weighted by Crippen LogP contribution is 2.12. The van der Waals surface area contributed by atoms with Crippen molar-refractivity contribution in [1.29, 1.82) is 0 Å². The topological polar surface area (TPSA) is 33.3 Å². The Bertz CT molecular complexity index is 681. The van der Waals surface area contributed by atoms with Crippen LogP contribution in [0.5, 0.6) is 5.75 Å². The number of aromatic hydroxyl groups is 1. The fourth-order valence-electron chi connectivity index (χ4n) is 2.49. The Hall–Kier alpha value is -2.57. The first-order valence-corrected chi connectivity index (χ1v) is 8.75. The van der Waals surface area contributed by atoms with Crippen molar-refractivity contribution in [3.05, 3.63) is 59.9 Å². The van der Waals surface area contributed by atoms with Crippen LogP contribution in [0.25, 0.3) is 12.2 Å². The van der Waals surface area contributed by atoms with E-state index in [1.807, 2.05) is 18.2 Å². The standard InChI is InChI=1S/C22H25NO2/c1-2-18-25-19-6-4-3-5-15-23-16-13-21(14-17-23)8-7-20-9-11-22(24)12-10-20/h1,7-14,16-17H,3-6,15,18-19H2/p+1. The lowest BCUT2D eigenvalue weighted by Crippen LogP contribution is -2.32. The number of phenolic OH excluding ortho intramolecular Hbond substituents is 1. The molecule has 0 fully saturated rings. The average Bonchev–Trinajstić information content (AvgIpc) is 2.64. The molecule has 1 aromatic carbocycles. The third-order valence-corrected chi connectivity index (χ3v) is 3.92. The van der Waals surface area contributed by atoms with Crippen LogP contribution in [0.4, 0.5) is 0 Å². The molecule has 25 heavy (non-hydrogen) atoms. The first kappa shape index (κ1) is 18.8. The van der Waals surface area contributed by atoms with Gasteiger partial charge < -0.3 is 9.84 Å². The molecule has 0 saturated heterocycles. The number of pyridine rings is 1. The van der Waals surface area contributed by atoms with Gasteiger partial charge in [0.15, 0.2) is 12.4 Å². The highest BCUT2D eigenvalue weighted by atomic mass is 16.5. The van der Waals surface area contributed by atoms with E-state index >= 15 is 0 Å². The SMILES string of the molecule is C#CCOCCCCCC[n+]1ccc(/C=C/c2ccc(O)cc2)cc1. The minimum absolute atomic E-state index is 0.290. The smallest absolute Gasteiger partial charge is 0.169 e. The van der Waals surface area contributed by atoms with Gasteiger partial charge in [-0.05, 0) is 36.1 Å². The van der Waals surface area contributed by atoms with Gasteiger partial charge in [0.25, 0.3) is 0 Å². The summed E-state index contributed by atoms with van der Waals surface area (Å²) in [5.74, 6) is 2.77. The fraction of sp³-hybridized carbons (Fsp3) is 0.318. The van der Waals surface area contributed by atoms with Gasteiger partial charge in [-0.3, -0.25) is 0 Å². The quantitative estimate of drug-likeness (QED) is 0.403. The van der Waals surface area contributed by atoms with Crippen molar-refractivity contribution >= 4 is 12.2 Å². The van der Waals surface area contributed by atoms with Crippen molar-refractivity contribution in [1.82, 2.24) is 0 Å². The van der Waals surface area contributed by atoms with E-state index < -0.39 is 0 Å². The van der Waals surface area contributed by atoms with Gasteiger partial charge in [0.05, 0.1) is 0 Å². The summed E-state index contributed by atoms with van der Waals surface area (Å²) in [5.41, 5.74) is 2.23. The largest absolute Gasteiger partial charge is 0.508 e. The summed E-state index contributed by atoms with van der Waals surface area (Å²) in [6.45, 7) is 2.22. The molecule has 3 nitrogen and oxygen atoms in total. The zero-order valence-corrected chi connectivity index (χ0v) is 14.6. The summed E-state index contributed by atoms with van der Waals surface area (Å²) < 4.78 is 7.48. The van der Waals surface area contributed by atoms with Gasteiger partial charge in [-0.25, -0.2) is 4.57 Å². The molecule has 2 rings (SSSR count). The highest BCUT2D eigenvalue weighted by molar-refractivity contribution is 5.69. The summed E-state index contributed by atoms with van der Waals surface area (Å²) in [5, 5.41) is 9.29. The molecule has 130 valence electrons. The predicted octanol–water partition coefficient (Wildman–Crippen LogP) is 4.06. The number of hydrogen-bond acceptors (Lipinski definition) is 2. The van der Waals surface area contributed by atoms with Crippen LogP contribution in [0.1, 0.15) is 36.8 Å². The van der Waals surface area contributed by atoms with Crippen LogP contribution in [0.2, 0.25) is 0 Å². The van der Waals surface area contributed by atoms with Gasteiger partial charge in [-0.15, -0.1) is 6.42 Å². The lowest BCUT2D eigenvalue weighted by atomic mass is 10.1. The molecule has 3 heteroatoms. The van der Waals surface area contributed by atoms with Crippen molar-refractivity contribution in [3.63, 3.8) is 0 Å². The molecule has 1 heterocycles. The number of hydrogen-bond donors (Lipinski definition) is 1. The highest BCUT2D eigenvalue weighted by Gasteiger charge is 2.00. The third kappa shape index (κ3) is 7.69. The molecule has 0 aliphatic heterocycles. The lowest BCUT2D eigenvalue weighted by molar-refractivity contribution is -0.697. The van der Waals surface area contributed by atoms with Crippen molar-refractivity contribution in [2.45, 2.75) is 32.2 Å². The molecule has 0 radical (unpaired) electrons. The van der Waals surface area contributed by atoms with Gasteiger partial charge in [-0.2, -0.15) is 0 Å². The molecule has 0 bridgehead atoms. The molecule has 0 aliphatic carbocycles. The molecule has 0 atom stereocenters. The third-order valence-electron chi connectivity index (χ3n) is 3.92. The second kappa shape index (κ2) is 11.1. The first-order valence-electron chi connectivity index (χ1n) is 8.75. The second-order valence-electron chi connectivity index (χ2n) is 5.97. The van der Waals surface area contributed by atoms with Gasteiger partial charge in [-0.1, -0.05) is 36.6 Å². The molecular formula is C22H26NO2+. The Morgan fingerprint density at radius 3 is 2.24 bits per heavy atom. The van der Waals surface area contributed by atoms with E-state index in [2.05, 4.69) is 41.1 Å². The summed E-state index contributed by atoms with van der Waals surface area (Å²) >= 11 is 0. The zero-order chi connectivity index (χ0) is 17.7. The number of aromatic nitrogens is 1. The monoisotopic (exact) mass is 336 g/mol. The van der Waals surface area contributed by atoms with Gasteiger partial charge in [0.1, 0.15) is 18.9 Å².